The topological polar surface area (TPSA) is 43.6 Å². The van der Waals surface area contributed by atoms with E-state index in [4.69, 9.17) is 15.0 Å². The lowest BCUT2D eigenvalue weighted by atomic mass is 9.67. The first-order valence-corrected chi connectivity index (χ1v) is 21.5. The van der Waals surface area contributed by atoms with E-state index < -0.39 is 5.41 Å². The molecule has 0 fully saturated rings. The summed E-state index contributed by atoms with van der Waals surface area (Å²) in [6.07, 6.45) is 0. The summed E-state index contributed by atoms with van der Waals surface area (Å²) in [4.78, 5) is 18.3. The van der Waals surface area contributed by atoms with Gasteiger partial charge in [-0.15, -0.1) is 0 Å². The van der Waals surface area contributed by atoms with Crippen molar-refractivity contribution >= 4 is 44.3 Å². The number of aromatic nitrogens is 4. The van der Waals surface area contributed by atoms with Gasteiger partial charge in [-0.1, -0.05) is 194 Å². The number of nitrogens with zero attached hydrogens (tertiary/aromatic N) is 4. The van der Waals surface area contributed by atoms with Gasteiger partial charge in [-0.3, -0.25) is 4.57 Å². The second-order valence-electron chi connectivity index (χ2n) is 15.9. The van der Waals surface area contributed by atoms with Gasteiger partial charge in [-0.25, -0.2) is 4.98 Å². The third kappa shape index (κ3) is 4.99. The quantitative estimate of drug-likeness (QED) is 0.178. The smallest absolute Gasteiger partial charge is 0.238 e. The summed E-state index contributed by atoms with van der Waals surface area (Å²) in [6, 6.07) is 74.4. The number of rotatable bonds is 4. The van der Waals surface area contributed by atoms with Gasteiger partial charge < -0.3 is 0 Å². The molecule has 1 aliphatic carbocycles. The average molecular weight is 795 g/mol. The molecule has 0 saturated heterocycles. The third-order valence-corrected chi connectivity index (χ3v) is 13.9. The van der Waals surface area contributed by atoms with E-state index in [2.05, 4.69) is 187 Å². The Labute approximate surface area is 356 Å². The van der Waals surface area contributed by atoms with Gasteiger partial charge in [0.15, 0.2) is 11.6 Å². The SMILES string of the molecule is c1ccc(-c2ccc(-c3nc(-c4ccccc4)nc(-n4c5cc6c(cc5c5c7ccccc7ccc54)C4(c5ccccc5S6)c5ccccc5-c5ccccc54)n3)cc2)cc1. The van der Waals surface area contributed by atoms with Gasteiger partial charge >= 0.3 is 0 Å². The molecule has 2 aliphatic rings. The van der Waals surface area contributed by atoms with Crippen molar-refractivity contribution in [3.8, 4) is 51.0 Å². The first-order chi connectivity index (χ1) is 30.2. The molecule has 3 heterocycles. The first-order valence-electron chi connectivity index (χ1n) is 20.7. The number of hydrogen-bond donors (Lipinski definition) is 0. The third-order valence-electron chi connectivity index (χ3n) is 12.7. The number of hydrogen-bond acceptors (Lipinski definition) is 4. The molecule has 284 valence electrons. The molecule has 0 amide bonds. The Hall–Kier alpha value is -7.60. The maximum Gasteiger partial charge on any atom is 0.238 e. The Morgan fingerprint density at radius 3 is 1.66 bits per heavy atom. The van der Waals surface area contributed by atoms with Gasteiger partial charge in [0.25, 0.3) is 0 Å². The Kier molecular flexibility index (Phi) is 7.42. The highest BCUT2D eigenvalue weighted by molar-refractivity contribution is 7.99. The van der Waals surface area contributed by atoms with Crippen LogP contribution in [0.5, 0.6) is 0 Å². The van der Waals surface area contributed by atoms with Crippen LogP contribution < -0.4 is 0 Å². The molecular formula is C56H34N4S. The predicted molar refractivity (Wildman–Crippen MR) is 249 cm³/mol. The van der Waals surface area contributed by atoms with Gasteiger partial charge in [0.05, 0.1) is 16.4 Å². The summed E-state index contributed by atoms with van der Waals surface area (Å²) in [7, 11) is 0. The highest BCUT2D eigenvalue weighted by atomic mass is 32.2. The minimum atomic E-state index is -0.496. The zero-order valence-electron chi connectivity index (χ0n) is 32.8. The standard InChI is InChI=1S/C56H34N4S/c1-3-15-35(16-4-1)36-27-29-39(30-28-36)54-57-53(38-18-5-2-6-19-38)58-55(59-54)60-48-32-31-37-17-7-8-20-40(37)52(48)43-33-47-51(34-49(43)60)61-50-26-14-13-25-46(50)56(47)44-23-11-9-21-41(44)42-22-10-12-24-45(42)56/h1-34H. The predicted octanol–water partition coefficient (Wildman–Crippen LogP) is 14.0. The van der Waals surface area contributed by atoms with Gasteiger partial charge in [0, 0.05) is 31.7 Å². The molecule has 1 aliphatic heterocycles. The highest BCUT2D eigenvalue weighted by Gasteiger charge is 2.50. The molecule has 0 bridgehead atoms. The van der Waals surface area contributed by atoms with Crippen molar-refractivity contribution < 1.29 is 0 Å². The second-order valence-corrected chi connectivity index (χ2v) is 17.0. The van der Waals surface area contributed by atoms with Crippen LogP contribution in [0.25, 0.3) is 83.6 Å². The molecular weight excluding hydrogens is 761 g/mol. The van der Waals surface area contributed by atoms with E-state index in [1.807, 2.05) is 36.0 Å². The largest absolute Gasteiger partial charge is 0.278 e. The van der Waals surface area contributed by atoms with Crippen LogP contribution in [0.15, 0.2) is 216 Å². The van der Waals surface area contributed by atoms with E-state index in [9.17, 15) is 0 Å². The fourth-order valence-electron chi connectivity index (χ4n) is 10.1. The van der Waals surface area contributed by atoms with Gasteiger partial charge in [-0.05, 0) is 79.5 Å². The Morgan fingerprint density at radius 1 is 0.377 bits per heavy atom. The minimum Gasteiger partial charge on any atom is -0.278 e. The van der Waals surface area contributed by atoms with Crippen molar-refractivity contribution in [1.82, 2.24) is 19.5 Å². The monoisotopic (exact) mass is 794 g/mol. The van der Waals surface area contributed by atoms with E-state index in [-0.39, 0.29) is 0 Å². The van der Waals surface area contributed by atoms with Crippen LogP contribution in [0.3, 0.4) is 0 Å². The molecule has 9 aromatic carbocycles. The van der Waals surface area contributed by atoms with E-state index in [0.717, 1.165) is 27.7 Å². The molecule has 13 rings (SSSR count). The molecule has 0 unspecified atom stereocenters. The molecule has 5 heteroatoms. The molecule has 1 spiro atoms. The van der Waals surface area contributed by atoms with Crippen LogP contribution in [-0.2, 0) is 5.41 Å². The zero-order chi connectivity index (χ0) is 40.1. The van der Waals surface area contributed by atoms with Crippen molar-refractivity contribution in [2.75, 3.05) is 0 Å². The summed E-state index contributed by atoms with van der Waals surface area (Å²) in [5, 5.41) is 4.74. The van der Waals surface area contributed by atoms with Crippen molar-refractivity contribution in [1.29, 1.82) is 0 Å². The first kappa shape index (κ1) is 34.3. The summed E-state index contributed by atoms with van der Waals surface area (Å²) >= 11 is 1.86. The number of fused-ring (bicyclic) bond motifs is 14. The average Bonchev–Trinajstić information content (AvgIpc) is 3.82. The molecule has 0 radical (unpaired) electrons. The van der Waals surface area contributed by atoms with Gasteiger partial charge in [-0.2, -0.15) is 9.97 Å². The highest BCUT2D eigenvalue weighted by Crippen LogP contribution is 2.62. The van der Waals surface area contributed by atoms with Gasteiger partial charge in [0.2, 0.25) is 5.95 Å². The van der Waals surface area contributed by atoms with Crippen molar-refractivity contribution in [2.24, 2.45) is 0 Å². The van der Waals surface area contributed by atoms with Gasteiger partial charge in [0.1, 0.15) is 0 Å². The summed E-state index contributed by atoms with van der Waals surface area (Å²) in [6.45, 7) is 0. The van der Waals surface area contributed by atoms with Crippen LogP contribution in [0.2, 0.25) is 0 Å². The lowest BCUT2D eigenvalue weighted by Crippen LogP contribution is -2.32. The summed E-state index contributed by atoms with van der Waals surface area (Å²) < 4.78 is 2.28. The van der Waals surface area contributed by atoms with Crippen LogP contribution in [0, 0.1) is 0 Å². The van der Waals surface area contributed by atoms with E-state index >= 15 is 0 Å². The molecule has 0 atom stereocenters. The van der Waals surface area contributed by atoms with Crippen LogP contribution in [-0.4, -0.2) is 19.5 Å². The van der Waals surface area contributed by atoms with E-state index in [1.54, 1.807) is 0 Å². The second kappa shape index (κ2) is 13.2. The molecule has 4 nitrogen and oxygen atoms in total. The maximum absolute atomic E-state index is 5.37. The molecule has 2 aromatic heterocycles. The molecule has 0 N–H and O–H groups in total. The maximum atomic E-state index is 5.37. The van der Waals surface area contributed by atoms with Crippen molar-refractivity contribution in [2.45, 2.75) is 15.2 Å². The fourth-order valence-corrected chi connectivity index (χ4v) is 11.3. The van der Waals surface area contributed by atoms with E-state index in [0.29, 0.717) is 17.6 Å². The molecule has 61 heavy (non-hydrogen) atoms. The number of benzene rings is 9. The lowest BCUT2D eigenvalue weighted by molar-refractivity contribution is 0.724. The Morgan fingerprint density at radius 2 is 0.934 bits per heavy atom. The molecule has 11 aromatic rings. The lowest BCUT2D eigenvalue weighted by Gasteiger charge is -2.39. The Balaban J connectivity index is 1.12. The van der Waals surface area contributed by atoms with E-state index in [1.165, 1.54) is 70.3 Å². The van der Waals surface area contributed by atoms with Crippen LogP contribution in [0.4, 0.5) is 0 Å². The Bertz CT molecular complexity index is 3510. The summed E-state index contributed by atoms with van der Waals surface area (Å²) in [5.74, 6) is 1.83. The summed E-state index contributed by atoms with van der Waals surface area (Å²) in [5.41, 5.74) is 13.6. The van der Waals surface area contributed by atoms with Crippen molar-refractivity contribution in [3.63, 3.8) is 0 Å². The van der Waals surface area contributed by atoms with Crippen LogP contribution in [0.1, 0.15) is 22.3 Å². The minimum absolute atomic E-state index is 0.496. The fraction of sp³-hybridized carbons (Fsp3) is 0.0179. The zero-order valence-corrected chi connectivity index (χ0v) is 33.6. The van der Waals surface area contributed by atoms with Crippen LogP contribution >= 0.6 is 11.8 Å². The molecule has 0 saturated carbocycles. The normalized spacial score (nSPS) is 13.3. The van der Waals surface area contributed by atoms with Crippen molar-refractivity contribution in [3.05, 3.63) is 229 Å².